The zero-order valence-electron chi connectivity index (χ0n) is 8.50. The van der Waals surface area contributed by atoms with E-state index >= 15 is 0 Å². The lowest BCUT2D eigenvalue weighted by molar-refractivity contribution is 0.430. The lowest BCUT2D eigenvalue weighted by Crippen LogP contribution is -2.00. The minimum atomic E-state index is -4.24. The van der Waals surface area contributed by atoms with Gasteiger partial charge in [0.25, 0.3) is 10.1 Å². The van der Waals surface area contributed by atoms with Crippen LogP contribution in [0.5, 0.6) is 0 Å². The Labute approximate surface area is 94.4 Å². The summed E-state index contributed by atoms with van der Waals surface area (Å²) in [6.07, 6.45) is 8.74. The van der Waals surface area contributed by atoms with Crippen molar-refractivity contribution in [1.82, 2.24) is 0 Å². The summed E-state index contributed by atoms with van der Waals surface area (Å²) in [4.78, 5) is -0.225. The Hall–Kier alpha value is -1.59. The third-order valence-electron chi connectivity index (χ3n) is 1.84. The number of aliphatic hydroxyl groups is 1. The molecule has 0 fully saturated rings. The first-order chi connectivity index (χ1) is 7.39. The Bertz CT molecular complexity index is 504. The van der Waals surface area contributed by atoms with Crippen LogP contribution in [0.3, 0.4) is 0 Å². The van der Waals surface area contributed by atoms with Crippen LogP contribution in [-0.2, 0) is 10.1 Å². The molecule has 86 valence electrons. The van der Waals surface area contributed by atoms with Crippen LogP contribution in [0, 0.1) is 0 Å². The van der Waals surface area contributed by atoms with Crippen LogP contribution in [0.4, 0.5) is 0 Å². The summed E-state index contributed by atoms with van der Waals surface area (Å²) < 4.78 is 30.8. The summed E-state index contributed by atoms with van der Waals surface area (Å²) in [7, 11) is -4.24. The van der Waals surface area contributed by atoms with Gasteiger partial charge in [0.05, 0.1) is 4.91 Å². The molecule has 0 aromatic heterocycles. The first kappa shape index (κ1) is 12.5. The van der Waals surface area contributed by atoms with Crippen LogP contribution in [0.2, 0.25) is 0 Å². The fourth-order valence-corrected chi connectivity index (χ4v) is 1.64. The molecule has 1 aliphatic carbocycles. The first-order valence-corrected chi connectivity index (χ1v) is 5.95. The molecule has 4 nitrogen and oxygen atoms in total. The largest absolute Gasteiger partial charge is 0.508 e. The predicted octanol–water partition coefficient (Wildman–Crippen LogP) is 2.27. The highest BCUT2D eigenvalue weighted by atomic mass is 32.2. The third-order valence-corrected chi connectivity index (χ3v) is 2.69. The van der Waals surface area contributed by atoms with Crippen molar-refractivity contribution in [2.75, 3.05) is 0 Å². The van der Waals surface area contributed by atoms with E-state index in [0.29, 0.717) is 12.0 Å². The van der Waals surface area contributed by atoms with E-state index in [4.69, 9.17) is 4.55 Å². The van der Waals surface area contributed by atoms with Crippen LogP contribution in [0.15, 0.2) is 59.3 Å². The zero-order valence-corrected chi connectivity index (χ0v) is 9.31. The van der Waals surface area contributed by atoms with E-state index in [9.17, 15) is 13.5 Å². The fourth-order valence-electron chi connectivity index (χ4n) is 1.07. The first-order valence-electron chi connectivity index (χ1n) is 4.51. The van der Waals surface area contributed by atoms with E-state index in [1.807, 2.05) is 0 Å². The Morgan fingerprint density at radius 2 is 1.94 bits per heavy atom. The molecule has 1 rings (SSSR count). The SMILES string of the molecule is C=C1/C=C\C(O)=C/C/C=C\C(S(=O)(=O)O)=C/1. The quantitative estimate of drug-likeness (QED) is 0.689. The van der Waals surface area contributed by atoms with Gasteiger partial charge in [-0.25, -0.2) is 0 Å². The Morgan fingerprint density at radius 3 is 2.56 bits per heavy atom. The molecule has 0 atom stereocenters. The summed E-state index contributed by atoms with van der Waals surface area (Å²) in [6, 6.07) is 0. The van der Waals surface area contributed by atoms with Gasteiger partial charge in [-0.2, -0.15) is 8.42 Å². The topological polar surface area (TPSA) is 74.6 Å². The second-order valence-corrected chi connectivity index (χ2v) is 4.62. The Balaban J connectivity index is 3.15. The highest BCUT2D eigenvalue weighted by Gasteiger charge is 2.10. The Kier molecular flexibility index (Phi) is 3.87. The van der Waals surface area contributed by atoms with E-state index in [1.54, 1.807) is 0 Å². The maximum absolute atomic E-state index is 11.0. The molecule has 0 spiro atoms. The third kappa shape index (κ3) is 3.88. The van der Waals surface area contributed by atoms with Crippen LogP contribution in [0.25, 0.3) is 0 Å². The van der Waals surface area contributed by atoms with Gasteiger partial charge >= 0.3 is 0 Å². The molecule has 0 saturated carbocycles. The Morgan fingerprint density at radius 1 is 1.25 bits per heavy atom. The maximum Gasteiger partial charge on any atom is 0.294 e. The highest BCUT2D eigenvalue weighted by Crippen LogP contribution is 2.13. The van der Waals surface area contributed by atoms with Gasteiger partial charge in [0.2, 0.25) is 0 Å². The number of rotatable bonds is 1. The second kappa shape index (κ2) is 4.96. The predicted molar refractivity (Wildman–Crippen MR) is 62.4 cm³/mol. The van der Waals surface area contributed by atoms with Crippen molar-refractivity contribution in [2.45, 2.75) is 6.42 Å². The number of hydrogen-bond donors (Lipinski definition) is 2. The van der Waals surface area contributed by atoms with Crippen molar-refractivity contribution in [3.63, 3.8) is 0 Å². The molecule has 0 amide bonds. The minimum Gasteiger partial charge on any atom is -0.508 e. The molecule has 0 radical (unpaired) electrons. The molecule has 5 heteroatoms. The van der Waals surface area contributed by atoms with Crippen molar-refractivity contribution in [2.24, 2.45) is 0 Å². The van der Waals surface area contributed by atoms with Crippen LogP contribution in [-0.4, -0.2) is 18.1 Å². The molecule has 0 heterocycles. The molecule has 0 aromatic carbocycles. The lowest BCUT2D eigenvalue weighted by atomic mass is 10.2. The number of hydrogen-bond acceptors (Lipinski definition) is 3. The van der Waals surface area contributed by atoms with E-state index in [2.05, 4.69) is 6.58 Å². The molecular formula is C11H12O4S. The van der Waals surface area contributed by atoms with Gasteiger partial charge in [0.15, 0.2) is 0 Å². The lowest BCUT2D eigenvalue weighted by Gasteiger charge is -2.00. The normalized spacial score (nSPS) is 28.4. The van der Waals surface area contributed by atoms with E-state index in [1.165, 1.54) is 36.5 Å². The molecule has 0 saturated heterocycles. The summed E-state index contributed by atoms with van der Waals surface area (Å²) in [5.41, 5.74) is 0.360. The molecule has 16 heavy (non-hydrogen) atoms. The standard InChI is InChI=1S/C11H12O4S/c1-9-6-7-10(12)4-2-3-5-11(8-9)16(13,14)15/h3-8,12H,1-2H2,(H,13,14,15)/b5-3-,7-6-,10-4+,11-8+. The van der Waals surface area contributed by atoms with Gasteiger partial charge in [-0.1, -0.05) is 18.7 Å². The van der Waals surface area contributed by atoms with Crippen molar-refractivity contribution in [1.29, 1.82) is 0 Å². The average molecular weight is 240 g/mol. The smallest absolute Gasteiger partial charge is 0.294 e. The zero-order chi connectivity index (χ0) is 12.2. The van der Waals surface area contributed by atoms with Crippen LogP contribution < -0.4 is 0 Å². The molecule has 0 aliphatic heterocycles. The molecule has 2 N–H and O–H groups in total. The van der Waals surface area contributed by atoms with Gasteiger partial charge in [-0.3, -0.25) is 4.55 Å². The highest BCUT2D eigenvalue weighted by molar-refractivity contribution is 7.90. The van der Waals surface area contributed by atoms with Crippen LogP contribution in [0.1, 0.15) is 6.42 Å². The molecule has 0 unspecified atom stereocenters. The molecular weight excluding hydrogens is 228 g/mol. The average Bonchev–Trinajstić information content (AvgIpc) is 2.17. The van der Waals surface area contributed by atoms with E-state index < -0.39 is 10.1 Å². The maximum atomic E-state index is 11.0. The second-order valence-electron chi connectivity index (χ2n) is 3.20. The summed E-state index contributed by atoms with van der Waals surface area (Å²) >= 11 is 0. The summed E-state index contributed by atoms with van der Waals surface area (Å²) in [5.74, 6) is 0.0782. The summed E-state index contributed by atoms with van der Waals surface area (Å²) in [5, 5.41) is 9.29. The fraction of sp³-hybridized carbons (Fsp3) is 0.0909. The monoisotopic (exact) mass is 240 g/mol. The van der Waals surface area contributed by atoms with Crippen molar-refractivity contribution in [3.8, 4) is 0 Å². The van der Waals surface area contributed by atoms with Gasteiger partial charge < -0.3 is 5.11 Å². The van der Waals surface area contributed by atoms with Crippen molar-refractivity contribution >= 4 is 10.1 Å². The number of allylic oxidation sites excluding steroid dienone is 7. The molecule has 1 aliphatic rings. The summed E-state index contributed by atoms with van der Waals surface area (Å²) in [6.45, 7) is 3.58. The van der Waals surface area contributed by atoms with Crippen molar-refractivity contribution < 1.29 is 18.1 Å². The van der Waals surface area contributed by atoms with E-state index in [-0.39, 0.29) is 10.7 Å². The van der Waals surface area contributed by atoms with E-state index in [0.717, 1.165) is 0 Å². The van der Waals surface area contributed by atoms with Gasteiger partial charge in [-0.05, 0) is 36.3 Å². The van der Waals surface area contributed by atoms with Gasteiger partial charge in [-0.15, -0.1) is 0 Å². The molecule has 0 aromatic rings. The van der Waals surface area contributed by atoms with Gasteiger partial charge in [0.1, 0.15) is 5.76 Å². The number of aliphatic hydroxyl groups excluding tert-OH is 1. The van der Waals surface area contributed by atoms with Gasteiger partial charge in [0, 0.05) is 0 Å². The minimum absolute atomic E-state index is 0.0782. The molecule has 0 bridgehead atoms. The van der Waals surface area contributed by atoms with Crippen LogP contribution >= 0.6 is 0 Å². The van der Waals surface area contributed by atoms with Crippen molar-refractivity contribution in [3.05, 3.63) is 59.3 Å².